The lowest BCUT2D eigenvalue weighted by molar-refractivity contribution is -0.130. The number of hydrogen-bond acceptors (Lipinski definition) is 2. The van der Waals surface area contributed by atoms with Crippen molar-refractivity contribution in [2.24, 2.45) is 0 Å². The summed E-state index contributed by atoms with van der Waals surface area (Å²) in [6.07, 6.45) is -4.47. The van der Waals surface area contributed by atoms with E-state index in [2.05, 4.69) is 17.2 Å². The van der Waals surface area contributed by atoms with E-state index < -0.39 is 12.2 Å². The molecule has 0 saturated heterocycles. The van der Waals surface area contributed by atoms with Gasteiger partial charge in [0.25, 0.3) is 0 Å². The van der Waals surface area contributed by atoms with Crippen molar-refractivity contribution in [2.45, 2.75) is 19.1 Å². The average molecular weight is 319 g/mol. The van der Waals surface area contributed by atoms with E-state index in [1.165, 1.54) is 19.2 Å². The zero-order valence-corrected chi connectivity index (χ0v) is 12.7. The molecule has 2 aromatic rings. The molecular formula is C18H16F3NO. The second kappa shape index (κ2) is 7.10. The second-order valence-electron chi connectivity index (χ2n) is 4.98. The molecule has 0 heterocycles. The molecule has 120 valence electrons. The van der Waals surface area contributed by atoms with E-state index in [0.717, 1.165) is 5.56 Å². The zero-order chi connectivity index (χ0) is 16.9. The fourth-order valence-corrected chi connectivity index (χ4v) is 1.85. The summed E-state index contributed by atoms with van der Waals surface area (Å²) in [5, 5.41) is 2.40. The van der Waals surface area contributed by atoms with Crippen LogP contribution in [0.15, 0.2) is 48.5 Å². The highest BCUT2D eigenvalue weighted by Gasteiger charge is 2.38. The van der Waals surface area contributed by atoms with Gasteiger partial charge in [0.2, 0.25) is 0 Å². The monoisotopic (exact) mass is 319 g/mol. The molecule has 0 aliphatic carbocycles. The van der Waals surface area contributed by atoms with Crippen LogP contribution in [0.1, 0.15) is 11.1 Å². The highest BCUT2D eigenvalue weighted by molar-refractivity contribution is 5.49. The summed E-state index contributed by atoms with van der Waals surface area (Å²) in [6.45, 7) is 1.90. The average Bonchev–Trinajstić information content (AvgIpc) is 2.52. The van der Waals surface area contributed by atoms with E-state index in [9.17, 15) is 13.2 Å². The first-order valence-corrected chi connectivity index (χ1v) is 6.94. The summed E-state index contributed by atoms with van der Waals surface area (Å²) in [4.78, 5) is 0. The van der Waals surface area contributed by atoms with Crippen LogP contribution in [0.25, 0.3) is 0 Å². The maximum absolute atomic E-state index is 13.1. The molecule has 2 aromatic carbocycles. The van der Waals surface area contributed by atoms with Crippen LogP contribution in [0.2, 0.25) is 0 Å². The van der Waals surface area contributed by atoms with E-state index in [1.54, 1.807) is 24.3 Å². The molecule has 0 fully saturated rings. The Labute approximate surface area is 133 Å². The van der Waals surface area contributed by atoms with Gasteiger partial charge in [-0.05, 0) is 43.3 Å². The molecule has 0 aliphatic heterocycles. The number of benzene rings is 2. The first kappa shape index (κ1) is 16.8. The fraction of sp³-hybridized carbons (Fsp3) is 0.222. The minimum Gasteiger partial charge on any atom is -0.497 e. The number of nitrogens with one attached hydrogen (secondary N) is 1. The van der Waals surface area contributed by atoms with Crippen LogP contribution in [0.4, 0.5) is 18.9 Å². The molecule has 0 radical (unpaired) electrons. The molecule has 0 amide bonds. The first-order valence-electron chi connectivity index (χ1n) is 6.94. The van der Waals surface area contributed by atoms with Gasteiger partial charge in [0.15, 0.2) is 6.04 Å². The van der Waals surface area contributed by atoms with Gasteiger partial charge in [-0.1, -0.05) is 29.5 Å². The van der Waals surface area contributed by atoms with Gasteiger partial charge in [-0.25, -0.2) is 0 Å². The van der Waals surface area contributed by atoms with E-state index in [0.29, 0.717) is 17.0 Å². The standard InChI is InChI=1S/C18H16F3NO/c1-13-3-5-14(6-4-13)7-12-17(18(19,20)21)22-15-8-10-16(23-2)11-9-15/h3-6,8-11,17,22H,1-2H3/t17-/m0/s1. The molecule has 1 atom stereocenters. The number of hydrogen-bond donors (Lipinski definition) is 1. The Morgan fingerprint density at radius 1 is 1.00 bits per heavy atom. The summed E-state index contributed by atoms with van der Waals surface area (Å²) in [5.41, 5.74) is 1.90. The normalized spacial score (nSPS) is 12.0. The van der Waals surface area contributed by atoms with Gasteiger partial charge in [-0.15, -0.1) is 0 Å². The van der Waals surface area contributed by atoms with Crippen LogP contribution in [0.5, 0.6) is 5.75 Å². The highest BCUT2D eigenvalue weighted by Crippen LogP contribution is 2.24. The molecule has 23 heavy (non-hydrogen) atoms. The van der Waals surface area contributed by atoms with Crippen molar-refractivity contribution in [1.29, 1.82) is 0 Å². The number of alkyl halides is 3. The topological polar surface area (TPSA) is 21.3 Å². The lowest BCUT2D eigenvalue weighted by Crippen LogP contribution is -2.34. The van der Waals surface area contributed by atoms with Crippen LogP contribution in [-0.2, 0) is 0 Å². The number of ether oxygens (including phenoxy) is 1. The third kappa shape index (κ3) is 4.96. The van der Waals surface area contributed by atoms with E-state index in [-0.39, 0.29) is 0 Å². The van der Waals surface area contributed by atoms with Crippen LogP contribution < -0.4 is 10.1 Å². The van der Waals surface area contributed by atoms with Gasteiger partial charge < -0.3 is 10.1 Å². The summed E-state index contributed by atoms with van der Waals surface area (Å²) in [7, 11) is 1.49. The van der Waals surface area contributed by atoms with Crippen LogP contribution in [0, 0.1) is 18.8 Å². The van der Waals surface area contributed by atoms with E-state index in [1.807, 2.05) is 19.1 Å². The van der Waals surface area contributed by atoms with Gasteiger partial charge in [0.1, 0.15) is 5.75 Å². The number of aryl methyl sites for hydroxylation is 1. The predicted molar refractivity (Wildman–Crippen MR) is 84.5 cm³/mol. The Morgan fingerprint density at radius 3 is 2.13 bits per heavy atom. The Morgan fingerprint density at radius 2 is 1.61 bits per heavy atom. The molecule has 2 nitrogen and oxygen atoms in total. The number of rotatable bonds is 3. The largest absolute Gasteiger partial charge is 0.497 e. The smallest absolute Gasteiger partial charge is 0.420 e. The Bertz CT molecular complexity index is 694. The fourth-order valence-electron chi connectivity index (χ4n) is 1.85. The van der Waals surface area contributed by atoms with Crippen LogP contribution in [-0.4, -0.2) is 19.3 Å². The summed E-state index contributed by atoms with van der Waals surface area (Å²) < 4.78 is 44.4. The first-order chi connectivity index (χ1) is 10.9. The predicted octanol–water partition coefficient (Wildman–Crippen LogP) is 4.40. The number of methoxy groups -OCH3 is 1. The van der Waals surface area contributed by atoms with Crippen molar-refractivity contribution in [3.8, 4) is 17.6 Å². The van der Waals surface area contributed by atoms with Gasteiger partial charge in [0, 0.05) is 11.3 Å². The second-order valence-corrected chi connectivity index (χ2v) is 4.98. The van der Waals surface area contributed by atoms with Crippen molar-refractivity contribution in [1.82, 2.24) is 0 Å². The third-order valence-corrected chi connectivity index (χ3v) is 3.14. The lowest BCUT2D eigenvalue weighted by Gasteiger charge is -2.17. The van der Waals surface area contributed by atoms with Gasteiger partial charge >= 0.3 is 6.18 Å². The minimum absolute atomic E-state index is 0.325. The Hall–Kier alpha value is -2.61. The molecule has 0 aliphatic rings. The molecular weight excluding hydrogens is 303 g/mol. The Kier molecular flexibility index (Phi) is 5.17. The Balaban J connectivity index is 2.19. The zero-order valence-electron chi connectivity index (χ0n) is 12.7. The van der Waals surface area contributed by atoms with Gasteiger partial charge in [0.05, 0.1) is 7.11 Å². The molecule has 0 bridgehead atoms. The van der Waals surface area contributed by atoms with Crippen molar-refractivity contribution in [2.75, 3.05) is 12.4 Å². The lowest BCUT2D eigenvalue weighted by atomic mass is 10.1. The molecule has 0 saturated carbocycles. The molecule has 1 N–H and O–H groups in total. The van der Waals surface area contributed by atoms with Crippen LogP contribution >= 0.6 is 0 Å². The van der Waals surface area contributed by atoms with Crippen molar-refractivity contribution < 1.29 is 17.9 Å². The SMILES string of the molecule is COc1ccc(N[C@@H](C#Cc2ccc(C)cc2)C(F)(F)F)cc1. The quantitative estimate of drug-likeness (QED) is 0.847. The van der Waals surface area contributed by atoms with E-state index >= 15 is 0 Å². The third-order valence-electron chi connectivity index (χ3n) is 3.14. The molecule has 5 heteroatoms. The van der Waals surface area contributed by atoms with E-state index in [4.69, 9.17) is 4.74 Å². The van der Waals surface area contributed by atoms with Crippen LogP contribution in [0.3, 0.4) is 0 Å². The minimum atomic E-state index is -4.47. The summed E-state index contributed by atoms with van der Waals surface area (Å²) >= 11 is 0. The van der Waals surface area contributed by atoms with Crippen molar-refractivity contribution in [3.05, 3.63) is 59.7 Å². The maximum Gasteiger partial charge on any atom is 0.420 e. The molecule has 0 aromatic heterocycles. The molecule has 2 rings (SSSR count). The number of halogens is 3. The summed E-state index contributed by atoms with van der Waals surface area (Å²) in [5.74, 6) is 5.39. The summed E-state index contributed by atoms with van der Waals surface area (Å²) in [6, 6.07) is 11.3. The van der Waals surface area contributed by atoms with Gasteiger partial charge in [-0.2, -0.15) is 13.2 Å². The maximum atomic E-state index is 13.1. The number of anilines is 1. The van der Waals surface area contributed by atoms with Crippen molar-refractivity contribution in [3.63, 3.8) is 0 Å². The highest BCUT2D eigenvalue weighted by atomic mass is 19.4. The molecule has 0 unspecified atom stereocenters. The van der Waals surface area contributed by atoms with Crippen molar-refractivity contribution >= 4 is 5.69 Å². The molecule has 0 spiro atoms. The van der Waals surface area contributed by atoms with Gasteiger partial charge in [-0.3, -0.25) is 0 Å².